The zero-order chi connectivity index (χ0) is 82.0. The second kappa shape index (κ2) is 34.6. The molecule has 0 aliphatic heterocycles. The summed E-state index contributed by atoms with van der Waals surface area (Å²) in [6.07, 6.45) is 10.9. The summed E-state index contributed by atoms with van der Waals surface area (Å²) >= 11 is 0. The van der Waals surface area contributed by atoms with E-state index in [-0.39, 0.29) is 63.2 Å². The van der Waals surface area contributed by atoms with Crippen LogP contribution >= 0.6 is 0 Å². The van der Waals surface area contributed by atoms with Crippen LogP contribution in [0.15, 0.2) is 365 Å². The number of fused-ring (bicyclic) bond motifs is 12. The normalized spacial score (nSPS) is 11.3. The SMILES string of the molecule is Cn1c(-c2[c-]c3c(cc2)c2ccccc2n3-c2[c-]c(-c3ccccn3)ccc2)nc2c(-c3ccccn3)cccc21.Cn1c(-c2[c-]c3c(cc2)c2ccccc2n3-c2[c-]c(-c3ccccn3)ccc2)nc2cc(-c3ccccn3)ccc21.Cn1c(-c2[c-]c3c(cc2)c2ccccc2n3-c2[c-]c(-c3ccccn3)ccc2)nc2ccc(-c3ccccn3)cc21.[Pt+2].[Pt+2].[Pt+2]. The molecule has 0 N–H and O–H groups in total. The molecule has 12 aromatic heterocycles. The maximum absolute atomic E-state index is 5.14. The molecule has 0 saturated carbocycles. The van der Waals surface area contributed by atoms with Crippen molar-refractivity contribution in [3.63, 3.8) is 0 Å². The molecule has 0 fully saturated rings. The van der Waals surface area contributed by atoms with E-state index in [0.29, 0.717) is 0 Å². The number of nitrogens with zero attached hydrogens (tertiary/aromatic N) is 15. The average Bonchev–Trinajstić information content (AvgIpc) is 1.59. The van der Waals surface area contributed by atoms with Crippen LogP contribution in [-0.4, -0.2) is 72.3 Å². The van der Waals surface area contributed by atoms with Crippen molar-refractivity contribution in [1.29, 1.82) is 0 Å². The Morgan fingerprint density at radius 3 is 0.984 bits per heavy atom. The second-order valence-electron chi connectivity index (χ2n) is 30.2. The van der Waals surface area contributed by atoms with Crippen molar-refractivity contribution in [3.05, 3.63) is 401 Å². The first-order chi connectivity index (χ1) is 60.7. The van der Waals surface area contributed by atoms with E-state index in [4.69, 9.17) is 15.0 Å². The second-order valence-corrected chi connectivity index (χ2v) is 30.2. The van der Waals surface area contributed by atoms with Crippen molar-refractivity contribution in [2.24, 2.45) is 21.1 Å². The maximum Gasteiger partial charge on any atom is 2.00 e. The Bertz CT molecular complexity index is 7970. The first kappa shape index (κ1) is 81.1. The summed E-state index contributed by atoms with van der Waals surface area (Å²) < 4.78 is 13.1. The molecule has 0 aliphatic rings. The fourth-order valence-electron chi connectivity index (χ4n) is 17.0. The van der Waals surface area contributed by atoms with Crippen molar-refractivity contribution in [1.82, 2.24) is 72.3 Å². The van der Waals surface area contributed by atoms with E-state index in [0.717, 1.165) is 201 Å². The third-order valence-corrected chi connectivity index (χ3v) is 22.9. The number of hydrogen-bond donors (Lipinski definition) is 0. The van der Waals surface area contributed by atoms with Crippen molar-refractivity contribution in [3.8, 4) is 119 Å². The number of imidazole rings is 3. The Balaban J connectivity index is 0.000000122. The molecule has 0 spiro atoms. The molecule has 0 saturated heterocycles. The number of para-hydroxylation sites is 4. The van der Waals surface area contributed by atoms with Crippen molar-refractivity contribution < 1.29 is 63.2 Å². The number of hydrogen-bond acceptors (Lipinski definition) is 9. The standard InChI is InChI=1S/3C36H23N5.3Pt/c1-40-33-17-9-13-29(31-15-5-7-21-38-31)35(33)39-36(40)25-18-19-28-27-12-2-3-16-32(27)41(34(28)23-25)26-11-8-10-24(22-26)30-14-4-6-20-37-30;1-40-34-18-16-25(31-13-5-7-20-38-31)22-32(34)39-36(40)26-15-17-29-28-11-2-3-14-33(28)41(35(29)23-26)27-10-8-9-24(21-27)30-12-4-6-19-37-30;1-40-35-22-25(31-13-5-7-20-38-31)16-18-32(35)39-36(40)26-15-17-29-28-11-2-3-14-33(28)41(34(29)23-26)27-10-8-9-24(21-27)30-12-4-6-19-37-30;;;/h2-21H,1H3;2*2-20,22H,1H3;;;/q3*-2;3*+2. The van der Waals surface area contributed by atoms with E-state index in [1.165, 1.54) is 16.2 Å². The van der Waals surface area contributed by atoms with E-state index in [1.54, 1.807) is 0 Å². The van der Waals surface area contributed by atoms with E-state index >= 15 is 0 Å². The van der Waals surface area contributed by atoms with Gasteiger partial charge < -0.3 is 42.4 Å². The van der Waals surface area contributed by atoms with Gasteiger partial charge in [0.05, 0.1) is 67.7 Å². The summed E-state index contributed by atoms with van der Waals surface area (Å²) in [7, 11) is 6.18. The molecular weight excluding hydrogens is 2090 g/mol. The number of pyridine rings is 6. The number of aryl methyl sites for hydroxylation is 3. The third kappa shape index (κ3) is 14.7. The zero-order valence-electron chi connectivity index (χ0n) is 67.8. The topological polar surface area (TPSA) is 146 Å². The van der Waals surface area contributed by atoms with Crippen molar-refractivity contribution in [2.45, 2.75) is 0 Å². The number of benzene rings is 12. The van der Waals surface area contributed by atoms with Crippen molar-refractivity contribution in [2.75, 3.05) is 0 Å². The van der Waals surface area contributed by atoms with Gasteiger partial charge in [-0.15, -0.1) is 161 Å². The molecule has 12 heterocycles. The molecule has 0 bridgehead atoms. The Morgan fingerprint density at radius 2 is 0.563 bits per heavy atom. The molecule has 18 heteroatoms. The molecule has 24 aromatic rings. The summed E-state index contributed by atoms with van der Waals surface area (Å²) in [5.74, 6) is 2.58. The van der Waals surface area contributed by atoms with Gasteiger partial charge in [0.1, 0.15) is 0 Å². The van der Waals surface area contributed by atoms with Crippen LogP contribution in [0.4, 0.5) is 0 Å². The number of rotatable bonds is 12. The van der Waals surface area contributed by atoms with Gasteiger partial charge in [0.2, 0.25) is 0 Å². The van der Waals surface area contributed by atoms with E-state index in [9.17, 15) is 0 Å². The van der Waals surface area contributed by atoms with Gasteiger partial charge in [0.15, 0.2) is 0 Å². The molecule has 126 heavy (non-hydrogen) atoms. The molecule has 12 aromatic carbocycles. The van der Waals surface area contributed by atoms with Crippen LogP contribution in [-0.2, 0) is 84.3 Å². The minimum absolute atomic E-state index is 0. The Hall–Kier alpha value is -14.6. The summed E-state index contributed by atoms with van der Waals surface area (Å²) in [4.78, 5) is 42.5. The molecule has 0 radical (unpaired) electrons. The smallest absolute Gasteiger partial charge is 0.367 e. The molecule has 606 valence electrons. The van der Waals surface area contributed by atoms with E-state index in [2.05, 4.69) is 315 Å². The van der Waals surface area contributed by atoms with Gasteiger partial charge in [-0.2, -0.15) is 0 Å². The molecule has 0 aliphatic carbocycles. The third-order valence-electron chi connectivity index (χ3n) is 22.9. The summed E-state index contributed by atoms with van der Waals surface area (Å²) in [5, 5.41) is 6.92. The number of aromatic nitrogens is 15. The quantitative estimate of drug-likeness (QED) is 0.109. The van der Waals surface area contributed by atoms with Gasteiger partial charge in [-0.1, -0.05) is 150 Å². The summed E-state index contributed by atoms with van der Waals surface area (Å²) in [6.45, 7) is 0. The summed E-state index contributed by atoms with van der Waals surface area (Å²) in [6, 6.07) is 134. The first-order valence-corrected chi connectivity index (χ1v) is 40.6. The molecular formula is C108H69N15Pt3. The van der Waals surface area contributed by atoms with Gasteiger partial charge in [0, 0.05) is 91.6 Å². The van der Waals surface area contributed by atoms with Crippen LogP contribution in [0.1, 0.15) is 0 Å². The summed E-state index contributed by atoms with van der Waals surface area (Å²) in [5.41, 5.74) is 29.3. The van der Waals surface area contributed by atoms with Crippen LogP contribution in [0.25, 0.3) is 217 Å². The Morgan fingerprint density at radius 1 is 0.222 bits per heavy atom. The first-order valence-electron chi connectivity index (χ1n) is 40.6. The van der Waals surface area contributed by atoms with Gasteiger partial charge in [-0.25, -0.2) is 0 Å². The largest absolute Gasteiger partial charge is 2.00 e. The van der Waals surface area contributed by atoms with Gasteiger partial charge in [0.25, 0.3) is 0 Å². The molecule has 0 amide bonds. The molecule has 24 rings (SSSR count). The predicted octanol–water partition coefficient (Wildman–Crippen LogP) is 24.2. The van der Waals surface area contributed by atoms with Crippen molar-refractivity contribution >= 4 is 98.5 Å². The Labute approximate surface area is 768 Å². The molecule has 0 unspecified atom stereocenters. The minimum atomic E-state index is 0. The fraction of sp³-hybridized carbons (Fsp3) is 0.0278. The van der Waals surface area contributed by atoms with Gasteiger partial charge >= 0.3 is 63.2 Å². The molecule has 0 atom stereocenters. The maximum atomic E-state index is 5.14. The predicted molar refractivity (Wildman–Crippen MR) is 494 cm³/mol. The van der Waals surface area contributed by atoms with Gasteiger partial charge in [-0.3, -0.25) is 29.9 Å². The Kier molecular flexibility index (Phi) is 22.3. The molecule has 15 nitrogen and oxygen atoms in total. The monoisotopic (exact) mass is 2160 g/mol. The van der Waals surface area contributed by atoms with Gasteiger partial charge in [-0.05, 0) is 170 Å². The zero-order valence-corrected chi connectivity index (χ0v) is 74.6. The van der Waals surface area contributed by atoms with E-state index < -0.39 is 0 Å². The van der Waals surface area contributed by atoms with Crippen LogP contribution in [0, 0.1) is 36.4 Å². The van der Waals surface area contributed by atoms with E-state index in [1.807, 2.05) is 165 Å². The van der Waals surface area contributed by atoms with Crippen LogP contribution in [0.5, 0.6) is 0 Å². The van der Waals surface area contributed by atoms with Crippen LogP contribution in [0.3, 0.4) is 0 Å². The minimum Gasteiger partial charge on any atom is -0.367 e. The van der Waals surface area contributed by atoms with Crippen LogP contribution in [0.2, 0.25) is 0 Å². The van der Waals surface area contributed by atoms with Crippen LogP contribution < -0.4 is 0 Å². The average molecular weight is 2160 g/mol. The fourth-order valence-corrected chi connectivity index (χ4v) is 17.0.